The van der Waals surface area contributed by atoms with E-state index in [-0.39, 0.29) is 5.82 Å². The number of hydrogen-bond acceptors (Lipinski definition) is 5. The molecule has 0 bridgehead atoms. The zero-order valence-corrected chi connectivity index (χ0v) is 16.1. The fourth-order valence-corrected chi connectivity index (χ4v) is 3.62. The van der Waals surface area contributed by atoms with E-state index in [0.29, 0.717) is 49.4 Å². The number of aromatic nitrogens is 2. The Morgan fingerprint density at radius 2 is 1.61 bits per heavy atom. The number of rotatable bonds is 4. The van der Waals surface area contributed by atoms with E-state index in [0.717, 1.165) is 17.0 Å². The van der Waals surface area contributed by atoms with Gasteiger partial charge in [-0.2, -0.15) is 0 Å². The second kappa shape index (κ2) is 8.12. The van der Waals surface area contributed by atoms with Crippen LogP contribution in [-0.4, -0.2) is 36.1 Å². The van der Waals surface area contributed by atoms with Crippen LogP contribution in [0.5, 0.6) is 0 Å². The summed E-state index contributed by atoms with van der Waals surface area (Å²) in [5, 5.41) is 0.638. The minimum Gasteiger partial charge on any atom is -0.366 e. The second-order valence-electron chi connectivity index (χ2n) is 6.65. The van der Waals surface area contributed by atoms with Crippen LogP contribution < -0.4 is 15.5 Å². The van der Waals surface area contributed by atoms with Gasteiger partial charge in [0.25, 0.3) is 0 Å². The average molecular weight is 398 g/mol. The Morgan fingerprint density at radius 1 is 0.929 bits per heavy atom. The zero-order chi connectivity index (χ0) is 19.5. The predicted octanol–water partition coefficient (Wildman–Crippen LogP) is 3.72. The van der Waals surface area contributed by atoms with Crippen molar-refractivity contribution in [2.45, 2.75) is 6.54 Å². The van der Waals surface area contributed by atoms with Crippen LogP contribution in [0.4, 0.5) is 16.0 Å². The minimum atomic E-state index is -0.196. The summed E-state index contributed by atoms with van der Waals surface area (Å²) in [4.78, 5) is 13.5. The summed E-state index contributed by atoms with van der Waals surface area (Å²) in [6.45, 7) is 3.11. The van der Waals surface area contributed by atoms with Gasteiger partial charge in [0, 0.05) is 43.3 Å². The van der Waals surface area contributed by atoms with E-state index < -0.39 is 0 Å². The first kappa shape index (κ1) is 18.7. The van der Waals surface area contributed by atoms with E-state index in [1.165, 1.54) is 6.07 Å². The smallest absolute Gasteiger partial charge is 0.226 e. The second-order valence-corrected chi connectivity index (χ2v) is 7.06. The predicted molar refractivity (Wildman–Crippen MR) is 111 cm³/mol. The van der Waals surface area contributed by atoms with Crippen LogP contribution >= 0.6 is 11.6 Å². The highest BCUT2D eigenvalue weighted by Gasteiger charge is 2.22. The molecule has 2 heterocycles. The van der Waals surface area contributed by atoms with Crippen molar-refractivity contribution in [2.75, 3.05) is 36.0 Å². The first-order valence-electron chi connectivity index (χ1n) is 9.23. The molecule has 144 valence electrons. The van der Waals surface area contributed by atoms with Gasteiger partial charge in [-0.3, -0.25) is 0 Å². The number of anilines is 2. The summed E-state index contributed by atoms with van der Waals surface area (Å²) in [5.41, 5.74) is 8.86. The normalized spacial score (nSPS) is 14.4. The molecule has 5 nitrogen and oxygen atoms in total. The van der Waals surface area contributed by atoms with Gasteiger partial charge in [-0.1, -0.05) is 41.9 Å². The Kier molecular flexibility index (Phi) is 5.41. The quantitative estimate of drug-likeness (QED) is 0.727. The molecule has 0 aliphatic carbocycles. The highest BCUT2D eigenvalue weighted by atomic mass is 35.5. The molecule has 1 aliphatic rings. The Bertz CT molecular complexity index is 973. The molecule has 7 heteroatoms. The number of nitrogens with two attached hydrogens (primary N) is 1. The molecule has 1 aliphatic heterocycles. The molecule has 1 saturated heterocycles. The van der Waals surface area contributed by atoms with Gasteiger partial charge in [-0.15, -0.1) is 0 Å². The minimum absolute atomic E-state index is 0.196. The lowest BCUT2D eigenvalue weighted by Crippen LogP contribution is -2.47. The maximum absolute atomic E-state index is 14.1. The Hall–Kier alpha value is -2.70. The van der Waals surface area contributed by atoms with Crippen molar-refractivity contribution in [3.63, 3.8) is 0 Å². The van der Waals surface area contributed by atoms with E-state index in [1.807, 2.05) is 47.4 Å². The third-order valence-electron chi connectivity index (χ3n) is 4.88. The summed E-state index contributed by atoms with van der Waals surface area (Å²) >= 11 is 6.35. The van der Waals surface area contributed by atoms with Crippen molar-refractivity contribution in [2.24, 2.45) is 5.73 Å². The third-order valence-corrected chi connectivity index (χ3v) is 5.21. The molecular formula is C21H21ClFN5. The largest absolute Gasteiger partial charge is 0.366 e. The van der Waals surface area contributed by atoms with Crippen LogP contribution in [0, 0.1) is 5.82 Å². The van der Waals surface area contributed by atoms with Gasteiger partial charge >= 0.3 is 0 Å². The molecule has 1 aromatic heterocycles. The lowest BCUT2D eigenvalue weighted by atomic mass is 10.1. The van der Waals surface area contributed by atoms with Crippen molar-refractivity contribution in [3.8, 4) is 11.3 Å². The van der Waals surface area contributed by atoms with Gasteiger partial charge < -0.3 is 15.5 Å². The van der Waals surface area contributed by atoms with Crippen molar-refractivity contribution in [1.82, 2.24) is 9.97 Å². The summed E-state index contributed by atoms with van der Waals surface area (Å²) in [7, 11) is 0. The molecule has 3 aromatic rings. The number of halogens is 2. The molecule has 0 unspecified atom stereocenters. The fraction of sp³-hybridized carbons (Fsp3) is 0.238. The van der Waals surface area contributed by atoms with E-state index in [4.69, 9.17) is 22.3 Å². The van der Waals surface area contributed by atoms with Crippen molar-refractivity contribution in [3.05, 3.63) is 71.1 Å². The Labute approximate surface area is 168 Å². The summed E-state index contributed by atoms with van der Waals surface area (Å²) in [6.07, 6.45) is 0. The van der Waals surface area contributed by atoms with Crippen LogP contribution in [0.25, 0.3) is 11.3 Å². The van der Waals surface area contributed by atoms with E-state index in [2.05, 4.69) is 9.88 Å². The summed E-state index contributed by atoms with van der Waals surface area (Å²) < 4.78 is 14.1. The fourth-order valence-electron chi connectivity index (χ4n) is 3.39. The highest BCUT2D eigenvalue weighted by Crippen LogP contribution is 2.28. The zero-order valence-electron chi connectivity index (χ0n) is 15.4. The van der Waals surface area contributed by atoms with Crippen LogP contribution in [0.15, 0.2) is 54.6 Å². The number of nitrogens with zero attached hydrogens (tertiary/aromatic N) is 4. The van der Waals surface area contributed by atoms with Gasteiger partial charge in [0.15, 0.2) is 0 Å². The van der Waals surface area contributed by atoms with Crippen molar-refractivity contribution >= 4 is 23.2 Å². The maximum atomic E-state index is 14.1. The molecule has 0 amide bonds. The molecule has 2 aromatic carbocycles. The topological polar surface area (TPSA) is 58.3 Å². The molecule has 2 N–H and O–H groups in total. The molecule has 0 saturated carbocycles. The third kappa shape index (κ3) is 3.79. The molecule has 0 radical (unpaired) electrons. The maximum Gasteiger partial charge on any atom is 0.226 e. The standard InChI is InChI=1S/C21H21ClFN5/c22-17-6-2-1-5-16(17)19-13-15(14-24)25-21(26-19)28-11-9-27(10-12-28)20-8-4-3-7-18(20)23/h1-8,13H,9-12,14,24H2. The van der Waals surface area contributed by atoms with Gasteiger partial charge in [0.1, 0.15) is 5.82 Å². The van der Waals surface area contributed by atoms with Crippen LogP contribution in [0.2, 0.25) is 5.02 Å². The van der Waals surface area contributed by atoms with Gasteiger partial charge in [0.05, 0.1) is 17.1 Å². The van der Waals surface area contributed by atoms with Gasteiger partial charge in [0.2, 0.25) is 5.95 Å². The monoisotopic (exact) mass is 397 g/mol. The molecule has 0 spiro atoms. The first-order chi connectivity index (χ1) is 13.7. The van der Waals surface area contributed by atoms with Gasteiger partial charge in [-0.05, 0) is 24.3 Å². The number of benzene rings is 2. The van der Waals surface area contributed by atoms with Crippen LogP contribution in [0.1, 0.15) is 5.69 Å². The lowest BCUT2D eigenvalue weighted by molar-refractivity contribution is 0.593. The van der Waals surface area contributed by atoms with E-state index in [9.17, 15) is 4.39 Å². The number of para-hydroxylation sites is 1. The summed E-state index contributed by atoms with van der Waals surface area (Å²) in [6, 6.07) is 16.3. The molecule has 28 heavy (non-hydrogen) atoms. The van der Waals surface area contributed by atoms with Crippen molar-refractivity contribution < 1.29 is 4.39 Å². The molecule has 4 rings (SSSR count). The Balaban J connectivity index is 1.58. The van der Waals surface area contributed by atoms with Crippen LogP contribution in [-0.2, 0) is 6.54 Å². The SMILES string of the molecule is NCc1cc(-c2ccccc2Cl)nc(N2CCN(c3ccccc3F)CC2)n1. The number of piperazine rings is 1. The molecule has 1 fully saturated rings. The van der Waals surface area contributed by atoms with E-state index in [1.54, 1.807) is 6.07 Å². The average Bonchev–Trinajstić information content (AvgIpc) is 2.74. The summed E-state index contributed by atoms with van der Waals surface area (Å²) in [5.74, 6) is 0.435. The first-order valence-corrected chi connectivity index (χ1v) is 9.61. The van der Waals surface area contributed by atoms with Gasteiger partial charge in [-0.25, -0.2) is 14.4 Å². The van der Waals surface area contributed by atoms with Crippen LogP contribution in [0.3, 0.4) is 0 Å². The van der Waals surface area contributed by atoms with Crippen molar-refractivity contribution in [1.29, 1.82) is 0 Å². The highest BCUT2D eigenvalue weighted by molar-refractivity contribution is 6.33. The van der Waals surface area contributed by atoms with E-state index >= 15 is 0 Å². The molecule has 0 atom stereocenters. The molecular weight excluding hydrogens is 377 g/mol. The lowest BCUT2D eigenvalue weighted by Gasteiger charge is -2.36. The Morgan fingerprint density at radius 3 is 2.32 bits per heavy atom. The number of hydrogen-bond donors (Lipinski definition) is 1.